The minimum Gasteiger partial charge on any atom is -0.398 e. The first-order chi connectivity index (χ1) is 9.65. The number of nitrogen functional groups attached to an aromatic ring is 1. The van der Waals surface area contributed by atoms with Gasteiger partial charge in [-0.05, 0) is 37.1 Å². The Hall–Kier alpha value is -2.01. The van der Waals surface area contributed by atoms with Gasteiger partial charge in [-0.1, -0.05) is 23.9 Å². The van der Waals surface area contributed by atoms with Gasteiger partial charge in [0.1, 0.15) is 0 Å². The molecule has 4 nitrogen and oxygen atoms in total. The number of pyridine rings is 1. The average molecular weight is 284 g/mol. The predicted octanol–water partition coefficient (Wildman–Crippen LogP) is 3.45. The second kappa shape index (κ2) is 5.17. The molecule has 0 unspecified atom stereocenters. The number of imidazole rings is 1. The quantitative estimate of drug-likeness (QED) is 0.723. The van der Waals surface area contributed by atoms with E-state index in [1.54, 1.807) is 11.8 Å². The van der Waals surface area contributed by atoms with E-state index in [2.05, 4.69) is 15.0 Å². The predicted molar refractivity (Wildman–Crippen MR) is 83.8 cm³/mol. The van der Waals surface area contributed by atoms with Gasteiger partial charge in [0.25, 0.3) is 0 Å². The van der Waals surface area contributed by atoms with Gasteiger partial charge in [-0.15, -0.1) is 0 Å². The van der Waals surface area contributed by atoms with E-state index in [0.717, 1.165) is 44.5 Å². The molecular formula is C15H16N4S. The number of para-hydroxylation sites is 2. The fraction of sp³-hybridized carbons (Fsp3) is 0.200. The molecule has 0 aliphatic carbocycles. The first kappa shape index (κ1) is 13.0. The molecule has 0 amide bonds. The summed E-state index contributed by atoms with van der Waals surface area (Å²) in [6.45, 7) is 4.00. The molecule has 3 rings (SSSR count). The fourth-order valence-electron chi connectivity index (χ4n) is 2.07. The number of aromatic nitrogens is 3. The fourth-order valence-corrected chi connectivity index (χ4v) is 2.98. The summed E-state index contributed by atoms with van der Waals surface area (Å²) in [5.74, 6) is 0.760. The minimum absolute atomic E-state index is 0.760. The van der Waals surface area contributed by atoms with Crippen LogP contribution in [-0.2, 0) is 5.75 Å². The zero-order valence-electron chi connectivity index (χ0n) is 11.5. The molecular weight excluding hydrogens is 268 g/mol. The number of nitrogens with two attached hydrogens (primary N) is 1. The van der Waals surface area contributed by atoms with E-state index < -0.39 is 0 Å². The van der Waals surface area contributed by atoms with E-state index in [4.69, 9.17) is 5.73 Å². The molecule has 2 aromatic heterocycles. The van der Waals surface area contributed by atoms with Gasteiger partial charge in [0.15, 0.2) is 5.16 Å². The summed E-state index contributed by atoms with van der Waals surface area (Å²) in [6.07, 6.45) is 1.83. The summed E-state index contributed by atoms with van der Waals surface area (Å²) in [5.41, 5.74) is 12.0. The number of fused-ring (bicyclic) bond motifs is 1. The lowest BCUT2D eigenvalue weighted by Gasteiger charge is -2.08. The summed E-state index contributed by atoms with van der Waals surface area (Å²) in [5, 5.41) is 0.909. The third-order valence-electron chi connectivity index (χ3n) is 3.39. The third kappa shape index (κ3) is 2.36. The number of nitrogens with zero attached hydrogens (tertiary/aromatic N) is 2. The first-order valence-corrected chi connectivity index (χ1v) is 7.42. The van der Waals surface area contributed by atoms with Crippen molar-refractivity contribution < 1.29 is 0 Å². The van der Waals surface area contributed by atoms with Gasteiger partial charge in [-0.25, -0.2) is 4.98 Å². The molecule has 3 N–H and O–H groups in total. The van der Waals surface area contributed by atoms with Crippen LogP contribution in [0.15, 0.2) is 35.6 Å². The molecule has 1 aromatic carbocycles. The van der Waals surface area contributed by atoms with Crippen molar-refractivity contribution in [2.24, 2.45) is 0 Å². The van der Waals surface area contributed by atoms with Crippen LogP contribution < -0.4 is 5.73 Å². The normalized spacial score (nSPS) is 11.1. The molecule has 0 aliphatic heterocycles. The Labute approximate surface area is 121 Å². The molecule has 0 aliphatic rings. The minimum atomic E-state index is 0.760. The molecule has 2 heterocycles. The Morgan fingerprint density at radius 2 is 2.05 bits per heavy atom. The smallest absolute Gasteiger partial charge is 0.166 e. The van der Waals surface area contributed by atoms with Crippen molar-refractivity contribution in [2.75, 3.05) is 5.73 Å². The molecule has 5 heteroatoms. The van der Waals surface area contributed by atoms with Crippen LogP contribution in [0, 0.1) is 13.8 Å². The van der Waals surface area contributed by atoms with Crippen LogP contribution in [-0.4, -0.2) is 15.0 Å². The molecule has 0 radical (unpaired) electrons. The maximum absolute atomic E-state index is 6.04. The van der Waals surface area contributed by atoms with Crippen molar-refractivity contribution in [1.82, 2.24) is 15.0 Å². The standard InChI is InChI=1S/C15H16N4S/c1-9-7-17-13(10(2)14(9)16)8-20-15-18-11-5-3-4-6-12(11)19-15/h3-7H,8H2,1-2H3,(H2,16,17)(H,18,19). The van der Waals surface area contributed by atoms with Gasteiger partial charge in [0.05, 0.1) is 16.7 Å². The first-order valence-electron chi connectivity index (χ1n) is 6.43. The maximum Gasteiger partial charge on any atom is 0.166 e. The highest BCUT2D eigenvalue weighted by Crippen LogP contribution is 2.26. The number of anilines is 1. The number of aryl methyl sites for hydroxylation is 1. The van der Waals surface area contributed by atoms with Crippen LogP contribution in [0.3, 0.4) is 0 Å². The monoisotopic (exact) mass is 284 g/mol. The van der Waals surface area contributed by atoms with E-state index in [-0.39, 0.29) is 0 Å². The lowest BCUT2D eigenvalue weighted by molar-refractivity contribution is 1.06. The van der Waals surface area contributed by atoms with Crippen LogP contribution in [0.1, 0.15) is 16.8 Å². The molecule has 20 heavy (non-hydrogen) atoms. The Balaban J connectivity index is 1.81. The van der Waals surface area contributed by atoms with Gasteiger partial charge in [0.2, 0.25) is 0 Å². The van der Waals surface area contributed by atoms with Crippen LogP contribution in [0.25, 0.3) is 11.0 Å². The molecule has 0 atom stereocenters. The number of benzene rings is 1. The van der Waals surface area contributed by atoms with Crippen LogP contribution >= 0.6 is 11.8 Å². The molecule has 0 saturated carbocycles. The summed E-state index contributed by atoms with van der Waals surface area (Å²) < 4.78 is 0. The maximum atomic E-state index is 6.04. The number of nitrogens with one attached hydrogen (secondary N) is 1. The number of rotatable bonds is 3. The number of hydrogen-bond donors (Lipinski definition) is 2. The second-order valence-corrected chi connectivity index (χ2v) is 5.74. The van der Waals surface area contributed by atoms with Crippen molar-refractivity contribution >= 4 is 28.5 Å². The van der Waals surface area contributed by atoms with E-state index in [0.29, 0.717) is 0 Å². The average Bonchev–Trinajstić information content (AvgIpc) is 2.87. The lowest BCUT2D eigenvalue weighted by Crippen LogP contribution is -2.00. The third-order valence-corrected chi connectivity index (χ3v) is 4.27. The van der Waals surface area contributed by atoms with Gasteiger partial charge in [-0.3, -0.25) is 4.98 Å². The Morgan fingerprint density at radius 3 is 2.85 bits per heavy atom. The van der Waals surface area contributed by atoms with E-state index >= 15 is 0 Å². The summed E-state index contributed by atoms with van der Waals surface area (Å²) >= 11 is 1.64. The largest absolute Gasteiger partial charge is 0.398 e. The van der Waals surface area contributed by atoms with E-state index in [1.807, 2.05) is 44.3 Å². The Kier molecular flexibility index (Phi) is 3.36. The highest BCUT2D eigenvalue weighted by atomic mass is 32.2. The van der Waals surface area contributed by atoms with Crippen molar-refractivity contribution in [1.29, 1.82) is 0 Å². The summed E-state index contributed by atoms with van der Waals surface area (Å²) in [4.78, 5) is 12.3. The molecule has 3 aromatic rings. The Morgan fingerprint density at radius 1 is 1.25 bits per heavy atom. The van der Waals surface area contributed by atoms with Crippen LogP contribution in [0.5, 0.6) is 0 Å². The van der Waals surface area contributed by atoms with Crippen molar-refractivity contribution in [2.45, 2.75) is 24.8 Å². The number of aromatic amines is 1. The topological polar surface area (TPSA) is 67.6 Å². The lowest BCUT2D eigenvalue weighted by atomic mass is 10.1. The van der Waals surface area contributed by atoms with Crippen molar-refractivity contribution in [3.8, 4) is 0 Å². The van der Waals surface area contributed by atoms with Gasteiger partial charge < -0.3 is 10.7 Å². The number of hydrogen-bond acceptors (Lipinski definition) is 4. The molecule has 0 spiro atoms. The molecule has 102 valence electrons. The zero-order chi connectivity index (χ0) is 14.1. The van der Waals surface area contributed by atoms with Crippen molar-refractivity contribution in [3.63, 3.8) is 0 Å². The summed E-state index contributed by atoms with van der Waals surface area (Å²) in [6, 6.07) is 8.02. The van der Waals surface area contributed by atoms with Crippen molar-refractivity contribution in [3.05, 3.63) is 47.3 Å². The van der Waals surface area contributed by atoms with E-state index in [9.17, 15) is 0 Å². The van der Waals surface area contributed by atoms with Crippen LogP contribution in [0.2, 0.25) is 0 Å². The zero-order valence-corrected chi connectivity index (χ0v) is 12.3. The number of thioether (sulfide) groups is 1. The highest BCUT2D eigenvalue weighted by Gasteiger charge is 2.08. The van der Waals surface area contributed by atoms with E-state index in [1.165, 1.54) is 0 Å². The van der Waals surface area contributed by atoms with Crippen LogP contribution in [0.4, 0.5) is 5.69 Å². The molecule has 0 bridgehead atoms. The van der Waals surface area contributed by atoms with Gasteiger partial charge in [-0.2, -0.15) is 0 Å². The summed E-state index contributed by atoms with van der Waals surface area (Å²) in [7, 11) is 0. The number of H-pyrrole nitrogens is 1. The SMILES string of the molecule is Cc1cnc(CSc2nc3ccccc3[nH]2)c(C)c1N. The molecule has 0 fully saturated rings. The van der Waals surface area contributed by atoms with Gasteiger partial charge >= 0.3 is 0 Å². The Bertz CT molecular complexity index is 731. The highest BCUT2D eigenvalue weighted by molar-refractivity contribution is 7.98. The second-order valence-electron chi connectivity index (χ2n) is 4.77. The molecule has 0 saturated heterocycles. The van der Waals surface area contributed by atoms with Gasteiger partial charge in [0, 0.05) is 17.6 Å².